The Balaban J connectivity index is 1.60. The number of rotatable bonds is 6. The van der Waals surface area contributed by atoms with Gasteiger partial charge in [0.15, 0.2) is 0 Å². The number of benzene rings is 1. The largest absolute Gasteiger partial charge is 0.488 e. The summed E-state index contributed by atoms with van der Waals surface area (Å²) in [6.45, 7) is 3.10. The Labute approximate surface area is 144 Å². The molecule has 1 N–H and O–H groups in total. The molecule has 2 aromatic rings. The highest BCUT2D eigenvalue weighted by Crippen LogP contribution is 2.42. The van der Waals surface area contributed by atoms with Gasteiger partial charge in [-0.05, 0) is 31.5 Å². The fraction of sp³-hybridized carbons (Fsp3) is 0.333. The van der Waals surface area contributed by atoms with Crippen LogP contribution in [0.2, 0.25) is 0 Å². The maximum atomic E-state index is 12.3. The second-order valence-corrected chi connectivity index (χ2v) is 6.47. The van der Waals surface area contributed by atoms with Gasteiger partial charge in [0.1, 0.15) is 12.4 Å². The first-order chi connectivity index (χ1) is 11.7. The van der Waals surface area contributed by atoms with E-state index in [4.69, 9.17) is 9.47 Å². The number of hydrogen-bond acceptors (Lipinski definition) is 5. The number of fused-ring (bicyclic) bond motifs is 3. The van der Waals surface area contributed by atoms with E-state index in [1.54, 1.807) is 6.92 Å². The molecule has 1 aliphatic heterocycles. The van der Waals surface area contributed by atoms with E-state index in [2.05, 4.69) is 5.32 Å². The summed E-state index contributed by atoms with van der Waals surface area (Å²) in [6.07, 6.45) is 0.887. The molecule has 3 rings (SSSR count). The van der Waals surface area contributed by atoms with Gasteiger partial charge in [0.25, 0.3) is 5.91 Å². The lowest BCUT2D eigenvalue weighted by Crippen LogP contribution is -2.24. The van der Waals surface area contributed by atoms with Gasteiger partial charge in [0, 0.05) is 29.0 Å². The summed E-state index contributed by atoms with van der Waals surface area (Å²) in [5.41, 5.74) is 2.07. The van der Waals surface area contributed by atoms with Crippen molar-refractivity contribution in [2.24, 2.45) is 0 Å². The molecule has 0 saturated heterocycles. The van der Waals surface area contributed by atoms with Crippen LogP contribution in [0.4, 0.5) is 0 Å². The predicted molar refractivity (Wildman–Crippen MR) is 92.3 cm³/mol. The third kappa shape index (κ3) is 3.59. The van der Waals surface area contributed by atoms with Crippen molar-refractivity contribution in [1.29, 1.82) is 0 Å². The van der Waals surface area contributed by atoms with Crippen molar-refractivity contribution < 1.29 is 19.1 Å². The van der Waals surface area contributed by atoms with Crippen LogP contribution in [-0.2, 0) is 16.1 Å². The Morgan fingerprint density at radius 2 is 2.17 bits per heavy atom. The molecule has 24 heavy (non-hydrogen) atoms. The number of nitrogens with one attached hydrogen (secondary N) is 1. The predicted octanol–water partition coefficient (Wildman–Crippen LogP) is 3.38. The van der Waals surface area contributed by atoms with Crippen LogP contribution in [0.5, 0.6) is 5.75 Å². The summed E-state index contributed by atoms with van der Waals surface area (Å²) in [4.78, 5) is 25.3. The number of hydrogen-bond donors (Lipinski definition) is 1. The molecule has 1 aliphatic rings. The van der Waals surface area contributed by atoms with Gasteiger partial charge in [-0.2, -0.15) is 0 Å². The van der Waals surface area contributed by atoms with Gasteiger partial charge in [-0.25, -0.2) is 0 Å². The number of para-hydroxylation sites is 1. The standard InChI is InChI=1S/C18H19NO4S/c1-2-22-16(20)8-5-9-19-18(21)15-10-12-11-23-14-7-4-3-6-13(14)17(12)24-15/h3-4,6-7,10H,2,5,8-9,11H2,1H3,(H,19,21). The third-order valence-corrected chi connectivity index (χ3v) is 4.91. The van der Waals surface area contributed by atoms with Gasteiger partial charge in [-0.3, -0.25) is 9.59 Å². The monoisotopic (exact) mass is 345 g/mol. The number of ether oxygens (including phenoxy) is 2. The van der Waals surface area contributed by atoms with E-state index in [0.717, 1.165) is 21.8 Å². The third-order valence-electron chi connectivity index (χ3n) is 3.70. The van der Waals surface area contributed by atoms with Gasteiger partial charge in [-0.15, -0.1) is 11.3 Å². The molecule has 1 aromatic carbocycles. The van der Waals surface area contributed by atoms with Crippen molar-refractivity contribution in [1.82, 2.24) is 5.32 Å². The molecule has 5 nitrogen and oxygen atoms in total. The lowest BCUT2D eigenvalue weighted by molar-refractivity contribution is -0.143. The molecule has 0 aliphatic carbocycles. The van der Waals surface area contributed by atoms with Crippen LogP contribution < -0.4 is 10.1 Å². The fourth-order valence-corrected chi connectivity index (χ4v) is 3.68. The first-order valence-corrected chi connectivity index (χ1v) is 8.79. The quantitative estimate of drug-likeness (QED) is 0.644. The molecule has 0 fully saturated rings. The van der Waals surface area contributed by atoms with Crippen molar-refractivity contribution in [3.05, 3.63) is 40.8 Å². The normalized spacial score (nSPS) is 11.9. The zero-order chi connectivity index (χ0) is 16.9. The van der Waals surface area contributed by atoms with Crippen molar-refractivity contribution in [2.45, 2.75) is 26.4 Å². The van der Waals surface area contributed by atoms with Gasteiger partial charge < -0.3 is 14.8 Å². The Kier molecular flexibility index (Phi) is 5.15. The van der Waals surface area contributed by atoms with Gasteiger partial charge in [0.05, 0.1) is 11.5 Å². The molecule has 2 heterocycles. The van der Waals surface area contributed by atoms with Crippen molar-refractivity contribution in [2.75, 3.05) is 13.2 Å². The van der Waals surface area contributed by atoms with E-state index in [-0.39, 0.29) is 11.9 Å². The van der Waals surface area contributed by atoms with Crippen LogP contribution in [0.15, 0.2) is 30.3 Å². The molecule has 0 atom stereocenters. The maximum Gasteiger partial charge on any atom is 0.305 e. The zero-order valence-electron chi connectivity index (χ0n) is 13.5. The Morgan fingerprint density at radius 3 is 3.00 bits per heavy atom. The smallest absolute Gasteiger partial charge is 0.305 e. The van der Waals surface area contributed by atoms with Gasteiger partial charge >= 0.3 is 5.97 Å². The zero-order valence-corrected chi connectivity index (χ0v) is 14.3. The summed E-state index contributed by atoms with van der Waals surface area (Å²) in [5.74, 6) is 0.510. The highest BCUT2D eigenvalue weighted by Gasteiger charge is 2.22. The SMILES string of the molecule is CCOC(=O)CCCNC(=O)c1cc2c(s1)-c1ccccc1OC2. The summed E-state index contributed by atoms with van der Waals surface area (Å²) >= 11 is 1.47. The molecule has 1 amide bonds. The first-order valence-electron chi connectivity index (χ1n) is 7.97. The molecule has 1 aromatic heterocycles. The average Bonchev–Trinajstić information content (AvgIpc) is 3.03. The summed E-state index contributed by atoms with van der Waals surface area (Å²) in [7, 11) is 0. The van der Waals surface area contributed by atoms with Crippen molar-refractivity contribution in [3.63, 3.8) is 0 Å². The minimum absolute atomic E-state index is 0.115. The number of amides is 1. The molecular weight excluding hydrogens is 326 g/mol. The Hall–Kier alpha value is -2.34. The minimum Gasteiger partial charge on any atom is -0.488 e. The lowest BCUT2D eigenvalue weighted by atomic mass is 10.1. The summed E-state index contributed by atoms with van der Waals surface area (Å²) in [5, 5.41) is 2.85. The van der Waals surface area contributed by atoms with Gasteiger partial charge in [0.2, 0.25) is 0 Å². The number of esters is 1. The van der Waals surface area contributed by atoms with Gasteiger partial charge in [-0.1, -0.05) is 12.1 Å². The van der Waals surface area contributed by atoms with Crippen molar-refractivity contribution in [3.8, 4) is 16.2 Å². The Bertz CT molecular complexity index is 753. The molecule has 0 unspecified atom stereocenters. The highest BCUT2D eigenvalue weighted by molar-refractivity contribution is 7.17. The van der Waals surface area contributed by atoms with E-state index in [0.29, 0.717) is 37.5 Å². The molecule has 0 spiro atoms. The number of carbonyl (C=O) groups is 2. The summed E-state index contributed by atoms with van der Waals surface area (Å²) in [6, 6.07) is 9.73. The van der Waals surface area contributed by atoms with Crippen LogP contribution in [0.3, 0.4) is 0 Å². The average molecular weight is 345 g/mol. The molecule has 0 bridgehead atoms. The van der Waals surface area contributed by atoms with Crippen LogP contribution >= 0.6 is 11.3 Å². The molecule has 6 heteroatoms. The van der Waals surface area contributed by atoms with E-state index in [1.165, 1.54) is 11.3 Å². The van der Waals surface area contributed by atoms with Crippen LogP contribution in [0.1, 0.15) is 35.0 Å². The second-order valence-electron chi connectivity index (χ2n) is 5.41. The van der Waals surface area contributed by atoms with E-state index < -0.39 is 0 Å². The molecule has 126 valence electrons. The molecular formula is C18H19NO4S. The maximum absolute atomic E-state index is 12.3. The van der Waals surface area contributed by atoms with Crippen molar-refractivity contribution >= 4 is 23.2 Å². The summed E-state index contributed by atoms with van der Waals surface area (Å²) < 4.78 is 10.6. The number of carbonyl (C=O) groups excluding carboxylic acids is 2. The van der Waals surface area contributed by atoms with E-state index in [9.17, 15) is 9.59 Å². The minimum atomic E-state index is -0.230. The van der Waals surface area contributed by atoms with E-state index >= 15 is 0 Å². The van der Waals surface area contributed by atoms with Crippen LogP contribution in [-0.4, -0.2) is 25.0 Å². The van der Waals surface area contributed by atoms with Crippen LogP contribution in [0.25, 0.3) is 10.4 Å². The fourth-order valence-electron chi connectivity index (χ4n) is 2.57. The topological polar surface area (TPSA) is 64.6 Å². The first kappa shape index (κ1) is 16.5. The van der Waals surface area contributed by atoms with E-state index in [1.807, 2.05) is 30.3 Å². The lowest BCUT2D eigenvalue weighted by Gasteiger charge is -2.16. The Morgan fingerprint density at radius 1 is 1.33 bits per heavy atom. The van der Waals surface area contributed by atoms with Crippen LogP contribution in [0, 0.1) is 0 Å². The number of thiophene rings is 1. The molecule has 0 radical (unpaired) electrons. The molecule has 0 saturated carbocycles. The second kappa shape index (κ2) is 7.49. The highest BCUT2D eigenvalue weighted by atomic mass is 32.1.